The molecule has 0 aromatic heterocycles. The van der Waals surface area contributed by atoms with Crippen LogP contribution in [0.5, 0.6) is 0 Å². The molecular weight excluding hydrogens is 112 g/mol. The van der Waals surface area contributed by atoms with Gasteiger partial charge in [0.15, 0.2) is 5.78 Å². The lowest BCUT2D eigenvalue weighted by Crippen LogP contribution is -1.89. The van der Waals surface area contributed by atoms with Crippen LogP contribution in [0.1, 0.15) is 19.3 Å². The molecule has 0 aromatic carbocycles. The molecule has 0 N–H and O–H groups in total. The van der Waals surface area contributed by atoms with Crippen LogP contribution in [0.25, 0.3) is 0 Å². The Labute approximate surface area is 54.1 Å². The third-order valence-corrected chi connectivity index (χ3v) is 1.95. The second-order valence-corrected chi connectivity index (χ2v) is 2.51. The molecule has 0 atom stereocenters. The van der Waals surface area contributed by atoms with Crippen molar-refractivity contribution in [3.05, 3.63) is 23.3 Å². The second-order valence-electron chi connectivity index (χ2n) is 2.51. The van der Waals surface area contributed by atoms with Crippen LogP contribution in [0.3, 0.4) is 0 Å². The van der Waals surface area contributed by atoms with Crippen molar-refractivity contribution in [2.45, 2.75) is 19.3 Å². The Kier molecular flexibility index (Phi) is 0.865. The third kappa shape index (κ3) is 0.576. The highest BCUT2D eigenvalue weighted by molar-refractivity contribution is 6.03. The van der Waals surface area contributed by atoms with Crippen LogP contribution >= 0.6 is 0 Å². The summed E-state index contributed by atoms with van der Waals surface area (Å²) >= 11 is 0. The van der Waals surface area contributed by atoms with Crippen molar-refractivity contribution in [3.63, 3.8) is 0 Å². The van der Waals surface area contributed by atoms with Gasteiger partial charge in [-0.2, -0.15) is 0 Å². The number of allylic oxidation sites excluding steroid dienone is 4. The summed E-state index contributed by atoms with van der Waals surface area (Å²) in [7, 11) is 0. The molecule has 0 saturated heterocycles. The summed E-state index contributed by atoms with van der Waals surface area (Å²) in [6.07, 6.45) is 6.91. The number of carbonyl (C=O) groups is 1. The molecule has 1 heteroatoms. The fourth-order valence-electron chi connectivity index (χ4n) is 1.47. The molecule has 0 radical (unpaired) electrons. The molecule has 0 amide bonds. The van der Waals surface area contributed by atoms with Crippen molar-refractivity contribution in [1.29, 1.82) is 0 Å². The average Bonchev–Trinajstić information content (AvgIpc) is 2.35. The molecule has 46 valence electrons. The standard InChI is InChI=1S/C8H8O/c9-8-5-4-6-2-1-3-7(6)8/h2-3H,1,4-5H2. The zero-order valence-electron chi connectivity index (χ0n) is 5.18. The molecule has 0 bridgehead atoms. The first-order valence-electron chi connectivity index (χ1n) is 3.31. The fourth-order valence-corrected chi connectivity index (χ4v) is 1.47. The van der Waals surface area contributed by atoms with E-state index in [-0.39, 0.29) is 0 Å². The normalized spacial score (nSPS) is 23.8. The second kappa shape index (κ2) is 1.56. The van der Waals surface area contributed by atoms with Crippen LogP contribution in [-0.4, -0.2) is 5.78 Å². The highest BCUT2D eigenvalue weighted by Gasteiger charge is 2.23. The maximum atomic E-state index is 10.9. The van der Waals surface area contributed by atoms with Crippen LogP contribution in [0.2, 0.25) is 0 Å². The summed E-state index contributed by atoms with van der Waals surface area (Å²) in [6, 6.07) is 0. The van der Waals surface area contributed by atoms with Crippen LogP contribution in [0.15, 0.2) is 23.3 Å². The predicted molar refractivity (Wildman–Crippen MR) is 35.0 cm³/mol. The molecule has 9 heavy (non-hydrogen) atoms. The topological polar surface area (TPSA) is 17.1 Å². The molecule has 0 heterocycles. The highest BCUT2D eigenvalue weighted by atomic mass is 16.1. The Morgan fingerprint density at radius 2 is 2.11 bits per heavy atom. The number of carbonyl (C=O) groups excluding carboxylic acids is 1. The predicted octanol–water partition coefficient (Wildman–Crippen LogP) is 1.61. The van der Waals surface area contributed by atoms with Crippen LogP contribution in [0, 0.1) is 0 Å². The van der Waals surface area contributed by atoms with Crippen LogP contribution in [-0.2, 0) is 4.79 Å². The van der Waals surface area contributed by atoms with E-state index in [1.54, 1.807) is 0 Å². The quantitative estimate of drug-likeness (QED) is 0.474. The molecule has 1 fully saturated rings. The Hall–Kier alpha value is -0.850. The first kappa shape index (κ1) is 4.98. The van der Waals surface area contributed by atoms with Crippen molar-refractivity contribution >= 4 is 5.78 Å². The Morgan fingerprint density at radius 1 is 1.22 bits per heavy atom. The van der Waals surface area contributed by atoms with Gasteiger partial charge >= 0.3 is 0 Å². The molecule has 1 nitrogen and oxygen atoms in total. The van der Waals surface area contributed by atoms with E-state index in [1.807, 2.05) is 6.08 Å². The minimum atomic E-state index is 0.346. The number of ketones is 1. The lowest BCUT2D eigenvalue weighted by Gasteiger charge is -1.86. The van der Waals surface area contributed by atoms with Gasteiger partial charge in [0.2, 0.25) is 0 Å². The van der Waals surface area contributed by atoms with Crippen LogP contribution < -0.4 is 0 Å². The van der Waals surface area contributed by atoms with E-state index < -0.39 is 0 Å². The first-order chi connectivity index (χ1) is 4.38. The zero-order chi connectivity index (χ0) is 6.27. The van der Waals surface area contributed by atoms with E-state index in [1.165, 1.54) is 5.57 Å². The SMILES string of the molecule is O=C1CCC2=CCC=C12. The number of hydrogen-bond acceptors (Lipinski definition) is 1. The van der Waals surface area contributed by atoms with Gasteiger partial charge in [0, 0.05) is 12.0 Å². The lowest BCUT2D eigenvalue weighted by atomic mass is 10.2. The molecule has 0 aromatic rings. The summed E-state index contributed by atoms with van der Waals surface area (Å²) in [4.78, 5) is 10.9. The summed E-state index contributed by atoms with van der Waals surface area (Å²) in [6.45, 7) is 0. The summed E-state index contributed by atoms with van der Waals surface area (Å²) in [5.41, 5.74) is 2.30. The van der Waals surface area contributed by atoms with E-state index in [4.69, 9.17) is 0 Å². The van der Waals surface area contributed by atoms with Gasteiger partial charge in [0.05, 0.1) is 0 Å². The minimum Gasteiger partial charge on any atom is -0.294 e. The van der Waals surface area contributed by atoms with Crippen molar-refractivity contribution in [1.82, 2.24) is 0 Å². The van der Waals surface area contributed by atoms with Gasteiger partial charge in [0.25, 0.3) is 0 Å². The van der Waals surface area contributed by atoms with Gasteiger partial charge in [-0.15, -0.1) is 0 Å². The van der Waals surface area contributed by atoms with Crippen molar-refractivity contribution in [3.8, 4) is 0 Å². The summed E-state index contributed by atoms with van der Waals surface area (Å²) in [5.74, 6) is 0.346. The van der Waals surface area contributed by atoms with Gasteiger partial charge in [0.1, 0.15) is 0 Å². The maximum Gasteiger partial charge on any atom is 0.163 e. The number of fused-ring (bicyclic) bond motifs is 1. The van der Waals surface area contributed by atoms with Crippen molar-refractivity contribution in [2.75, 3.05) is 0 Å². The van der Waals surface area contributed by atoms with Crippen LogP contribution in [0.4, 0.5) is 0 Å². The zero-order valence-corrected chi connectivity index (χ0v) is 5.18. The largest absolute Gasteiger partial charge is 0.294 e. The maximum absolute atomic E-state index is 10.9. The Balaban J connectivity index is 2.46. The smallest absolute Gasteiger partial charge is 0.163 e. The Bertz CT molecular complexity index is 221. The van der Waals surface area contributed by atoms with Crippen molar-refractivity contribution in [2.24, 2.45) is 0 Å². The summed E-state index contributed by atoms with van der Waals surface area (Å²) in [5, 5.41) is 0. The number of hydrogen-bond donors (Lipinski definition) is 0. The minimum absolute atomic E-state index is 0.346. The monoisotopic (exact) mass is 120 g/mol. The first-order valence-corrected chi connectivity index (χ1v) is 3.31. The van der Waals surface area contributed by atoms with Gasteiger partial charge in [-0.25, -0.2) is 0 Å². The van der Waals surface area contributed by atoms with Crippen molar-refractivity contribution < 1.29 is 4.79 Å². The third-order valence-electron chi connectivity index (χ3n) is 1.95. The fraction of sp³-hybridized carbons (Fsp3) is 0.375. The number of Topliss-reactive ketones (excluding diaryl/α,β-unsaturated/α-hetero) is 1. The molecule has 1 saturated carbocycles. The van der Waals surface area contributed by atoms with E-state index in [9.17, 15) is 4.79 Å². The van der Waals surface area contributed by atoms with Gasteiger partial charge in [-0.1, -0.05) is 12.2 Å². The van der Waals surface area contributed by atoms with E-state index in [2.05, 4.69) is 6.08 Å². The van der Waals surface area contributed by atoms with Gasteiger partial charge < -0.3 is 0 Å². The van der Waals surface area contributed by atoms with Gasteiger partial charge in [-0.05, 0) is 18.4 Å². The van der Waals surface area contributed by atoms with E-state index >= 15 is 0 Å². The van der Waals surface area contributed by atoms with E-state index in [0.717, 1.165) is 24.8 Å². The molecular formula is C8H8O. The highest BCUT2D eigenvalue weighted by Crippen LogP contribution is 2.31. The lowest BCUT2D eigenvalue weighted by molar-refractivity contribution is -0.114. The van der Waals surface area contributed by atoms with Gasteiger partial charge in [-0.3, -0.25) is 4.79 Å². The molecule has 0 unspecified atom stereocenters. The average molecular weight is 120 g/mol. The number of rotatable bonds is 0. The molecule has 2 aliphatic carbocycles. The molecule has 0 spiro atoms. The molecule has 0 aliphatic heterocycles. The Morgan fingerprint density at radius 3 is 2.89 bits per heavy atom. The summed E-state index contributed by atoms with van der Waals surface area (Å²) < 4.78 is 0. The molecule has 2 aliphatic rings. The molecule has 2 rings (SSSR count). The van der Waals surface area contributed by atoms with E-state index in [0.29, 0.717) is 5.78 Å².